The van der Waals surface area contributed by atoms with Crippen LogP contribution >= 0.6 is 0 Å². The Kier molecular flexibility index (Phi) is 2.78. The quantitative estimate of drug-likeness (QED) is 0.840. The zero-order valence-electron chi connectivity index (χ0n) is 10.8. The van der Waals surface area contributed by atoms with Gasteiger partial charge in [0.1, 0.15) is 5.76 Å². The van der Waals surface area contributed by atoms with E-state index in [2.05, 4.69) is 6.92 Å². The molecule has 0 spiro atoms. The molecule has 1 unspecified atom stereocenters. The van der Waals surface area contributed by atoms with Crippen molar-refractivity contribution in [3.05, 3.63) is 53.5 Å². The fraction of sp³-hybridized carbons (Fsp3) is 0.267. The van der Waals surface area contributed by atoms with Gasteiger partial charge in [-0.15, -0.1) is 0 Å². The van der Waals surface area contributed by atoms with E-state index in [9.17, 15) is 4.79 Å². The summed E-state index contributed by atoms with van der Waals surface area (Å²) in [6.07, 6.45) is 1.62. The van der Waals surface area contributed by atoms with E-state index >= 15 is 0 Å². The maximum Gasteiger partial charge on any atom is 0.256 e. The average Bonchev–Trinajstić information content (AvgIpc) is 2.88. The largest absolute Gasteiger partial charge is 0.467 e. The second-order valence-electron chi connectivity index (χ2n) is 4.98. The molecule has 0 radical (unpaired) electrons. The van der Waals surface area contributed by atoms with Crippen LogP contribution in [0.4, 0.5) is 5.69 Å². The molecule has 1 amide bonds. The van der Waals surface area contributed by atoms with Gasteiger partial charge in [0.2, 0.25) is 0 Å². The molecule has 4 heteroatoms. The number of nitrogen functional groups attached to an aromatic ring is 1. The summed E-state index contributed by atoms with van der Waals surface area (Å²) in [7, 11) is 0. The number of anilines is 1. The van der Waals surface area contributed by atoms with E-state index in [0.29, 0.717) is 24.3 Å². The Hall–Kier alpha value is -2.23. The molecule has 0 aliphatic carbocycles. The molecule has 2 N–H and O–H groups in total. The summed E-state index contributed by atoms with van der Waals surface area (Å²) in [4.78, 5) is 14.3. The Bertz CT molecular complexity index is 605. The Balaban J connectivity index is 1.95. The molecule has 0 bridgehead atoms. The number of hydrogen-bond donors (Lipinski definition) is 1. The van der Waals surface area contributed by atoms with Gasteiger partial charge in [-0.2, -0.15) is 0 Å². The monoisotopic (exact) mass is 256 g/mol. The molecule has 1 aromatic carbocycles. The van der Waals surface area contributed by atoms with Gasteiger partial charge in [0.25, 0.3) is 5.91 Å². The molecular formula is C15H16N2O2. The lowest BCUT2D eigenvalue weighted by Gasteiger charge is -2.32. The minimum atomic E-state index is -0.0115. The van der Waals surface area contributed by atoms with E-state index < -0.39 is 0 Å². The minimum Gasteiger partial charge on any atom is -0.467 e. The van der Waals surface area contributed by atoms with Crippen LogP contribution in [0, 0.1) is 0 Å². The fourth-order valence-electron chi connectivity index (χ4n) is 2.64. The topological polar surface area (TPSA) is 59.5 Å². The van der Waals surface area contributed by atoms with Crippen molar-refractivity contribution < 1.29 is 9.21 Å². The number of hydrogen-bond acceptors (Lipinski definition) is 3. The lowest BCUT2D eigenvalue weighted by atomic mass is 9.89. The van der Waals surface area contributed by atoms with E-state index in [-0.39, 0.29) is 11.8 Å². The van der Waals surface area contributed by atoms with Crippen molar-refractivity contribution in [1.82, 2.24) is 4.90 Å². The molecule has 1 aliphatic rings. The Morgan fingerprint density at radius 2 is 2.21 bits per heavy atom. The normalized spacial score (nSPS) is 18.5. The molecule has 0 saturated heterocycles. The first-order chi connectivity index (χ1) is 9.16. The molecule has 19 heavy (non-hydrogen) atoms. The molecule has 0 fully saturated rings. The predicted octanol–water partition coefficient (Wildman–Crippen LogP) is 2.62. The van der Waals surface area contributed by atoms with Crippen LogP contribution in [0.5, 0.6) is 0 Å². The van der Waals surface area contributed by atoms with E-state index in [4.69, 9.17) is 10.2 Å². The van der Waals surface area contributed by atoms with Gasteiger partial charge in [-0.3, -0.25) is 4.79 Å². The minimum absolute atomic E-state index is 0.0115. The zero-order chi connectivity index (χ0) is 13.4. The number of carbonyl (C=O) groups excluding carboxylic acids is 1. The van der Waals surface area contributed by atoms with E-state index in [0.717, 1.165) is 11.3 Å². The first-order valence-corrected chi connectivity index (χ1v) is 6.37. The summed E-state index contributed by atoms with van der Waals surface area (Å²) >= 11 is 0. The highest BCUT2D eigenvalue weighted by Crippen LogP contribution is 2.32. The van der Waals surface area contributed by atoms with Gasteiger partial charge in [0.15, 0.2) is 0 Å². The number of carbonyl (C=O) groups is 1. The fourth-order valence-corrected chi connectivity index (χ4v) is 2.64. The van der Waals surface area contributed by atoms with E-state index in [1.54, 1.807) is 17.2 Å². The van der Waals surface area contributed by atoms with Gasteiger partial charge < -0.3 is 15.1 Å². The van der Waals surface area contributed by atoms with Crippen molar-refractivity contribution in [3.8, 4) is 0 Å². The molecular weight excluding hydrogens is 240 g/mol. The van der Waals surface area contributed by atoms with Crippen molar-refractivity contribution >= 4 is 11.6 Å². The highest BCUT2D eigenvalue weighted by atomic mass is 16.3. The Morgan fingerprint density at radius 3 is 2.95 bits per heavy atom. The molecule has 3 rings (SSSR count). The smallest absolute Gasteiger partial charge is 0.256 e. The SMILES string of the molecule is CC1CN(Cc2ccco2)C(=O)c2c(N)cccc21. The maximum atomic E-state index is 12.5. The third kappa shape index (κ3) is 1.99. The molecule has 1 aromatic heterocycles. The molecule has 1 atom stereocenters. The van der Waals surface area contributed by atoms with Crippen LogP contribution in [-0.2, 0) is 6.54 Å². The highest BCUT2D eigenvalue weighted by molar-refractivity contribution is 6.01. The van der Waals surface area contributed by atoms with Crippen LogP contribution in [0.1, 0.15) is 34.5 Å². The third-order valence-electron chi connectivity index (χ3n) is 3.58. The number of fused-ring (bicyclic) bond motifs is 1. The Morgan fingerprint density at radius 1 is 1.37 bits per heavy atom. The lowest BCUT2D eigenvalue weighted by molar-refractivity contribution is 0.0700. The Labute approximate surface area is 111 Å². The lowest BCUT2D eigenvalue weighted by Crippen LogP contribution is -2.39. The van der Waals surface area contributed by atoms with Crippen LogP contribution in [0.2, 0.25) is 0 Å². The van der Waals surface area contributed by atoms with Gasteiger partial charge >= 0.3 is 0 Å². The first kappa shape index (κ1) is 11.8. The second kappa shape index (κ2) is 4.46. The zero-order valence-corrected chi connectivity index (χ0v) is 10.8. The van der Waals surface area contributed by atoms with Gasteiger partial charge in [-0.25, -0.2) is 0 Å². The van der Waals surface area contributed by atoms with Crippen molar-refractivity contribution in [2.45, 2.75) is 19.4 Å². The summed E-state index contributed by atoms with van der Waals surface area (Å²) in [6.45, 7) is 3.29. The highest BCUT2D eigenvalue weighted by Gasteiger charge is 2.30. The summed E-state index contributed by atoms with van der Waals surface area (Å²) in [6, 6.07) is 9.37. The van der Waals surface area contributed by atoms with Gasteiger partial charge in [-0.05, 0) is 29.7 Å². The van der Waals surface area contributed by atoms with Crippen molar-refractivity contribution in [1.29, 1.82) is 0 Å². The van der Waals surface area contributed by atoms with Crippen LogP contribution in [0.25, 0.3) is 0 Å². The molecule has 2 aromatic rings. The number of nitrogens with two attached hydrogens (primary N) is 1. The summed E-state index contributed by atoms with van der Waals surface area (Å²) in [5.41, 5.74) is 8.20. The second-order valence-corrected chi connectivity index (χ2v) is 4.98. The number of amides is 1. The average molecular weight is 256 g/mol. The molecule has 4 nitrogen and oxygen atoms in total. The van der Waals surface area contributed by atoms with Crippen molar-refractivity contribution in [3.63, 3.8) is 0 Å². The van der Waals surface area contributed by atoms with Gasteiger partial charge in [0.05, 0.1) is 18.4 Å². The predicted molar refractivity (Wildman–Crippen MR) is 72.7 cm³/mol. The standard InChI is InChI=1S/C15H16N2O2/c1-10-8-17(9-11-4-3-7-19-11)15(18)14-12(10)5-2-6-13(14)16/h2-7,10H,8-9,16H2,1H3. The first-order valence-electron chi connectivity index (χ1n) is 6.37. The van der Waals surface area contributed by atoms with Crippen LogP contribution in [-0.4, -0.2) is 17.4 Å². The van der Waals surface area contributed by atoms with E-state index in [1.807, 2.05) is 24.3 Å². The van der Waals surface area contributed by atoms with Crippen molar-refractivity contribution in [2.24, 2.45) is 0 Å². The number of rotatable bonds is 2. The summed E-state index contributed by atoms with van der Waals surface area (Å²) < 4.78 is 5.31. The summed E-state index contributed by atoms with van der Waals surface area (Å²) in [5.74, 6) is 1.06. The maximum absolute atomic E-state index is 12.5. The summed E-state index contributed by atoms with van der Waals surface area (Å²) in [5, 5.41) is 0. The van der Waals surface area contributed by atoms with E-state index in [1.165, 1.54) is 0 Å². The third-order valence-corrected chi connectivity index (χ3v) is 3.58. The number of nitrogens with zero attached hydrogens (tertiary/aromatic N) is 1. The van der Waals surface area contributed by atoms with Crippen molar-refractivity contribution in [2.75, 3.05) is 12.3 Å². The molecule has 2 heterocycles. The van der Waals surface area contributed by atoms with Gasteiger partial charge in [-0.1, -0.05) is 19.1 Å². The molecule has 1 aliphatic heterocycles. The number of benzene rings is 1. The van der Waals surface area contributed by atoms with Crippen LogP contribution in [0.15, 0.2) is 41.0 Å². The molecule has 0 saturated carbocycles. The van der Waals surface area contributed by atoms with Gasteiger partial charge in [0, 0.05) is 12.2 Å². The van der Waals surface area contributed by atoms with Crippen LogP contribution < -0.4 is 5.73 Å². The molecule has 98 valence electrons. The van der Waals surface area contributed by atoms with Crippen LogP contribution in [0.3, 0.4) is 0 Å². The number of furan rings is 1.